The zero-order valence-electron chi connectivity index (χ0n) is 9.95. The third kappa shape index (κ3) is 6.31. The van der Waals surface area contributed by atoms with Gasteiger partial charge in [0.25, 0.3) is 0 Å². The van der Waals surface area contributed by atoms with Gasteiger partial charge in [0, 0.05) is 19.3 Å². The normalized spacial score (nSPS) is 14.7. The molecule has 0 fully saturated rings. The number of carbonyl (C=O) groups excluding carboxylic acids is 1. The Morgan fingerprint density at radius 1 is 1.50 bits per heavy atom. The van der Waals surface area contributed by atoms with Crippen LogP contribution in [0.1, 0.15) is 19.8 Å². The Morgan fingerprint density at radius 2 is 2.19 bits per heavy atom. The van der Waals surface area contributed by atoms with E-state index in [1.54, 1.807) is 6.92 Å². The van der Waals surface area contributed by atoms with Crippen LogP contribution in [0.25, 0.3) is 0 Å². The van der Waals surface area contributed by atoms with Crippen molar-refractivity contribution in [2.45, 2.75) is 25.3 Å². The summed E-state index contributed by atoms with van der Waals surface area (Å²) in [5.74, 6) is -0.386. The fourth-order valence-electron chi connectivity index (χ4n) is 1.16. The van der Waals surface area contributed by atoms with Crippen molar-refractivity contribution in [2.75, 3.05) is 20.2 Å². The maximum Gasteiger partial charge on any atom is 0.325 e. The number of ether oxygens (including phenoxy) is 1. The Balaban J connectivity index is 3.71. The summed E-state index contributed by atoms with van der Waals surface area (Å²) >= 11 is 0. The molecular formula is C11H21N3O2. The largest absolute Gasteiger partial charge is 0.468 e. The number of carbonyl (C=O) groups is 1. The lowest BCUT2D eigenvalue weighted by molar-refractivity contribution is -0.146. The minimum atomic E-state index is -0.915. The SMILES string of the molecule is COC(=O)C(C)(N)CC/C=C/CNCC=N. The minimum absolute atomic E-state index is 0.386. The van der Waals surface area contributed by atoms with Crippen molar-refractivity contribution in [1.29, 1.82) is 5.41 Å². The molecule has 0 bridgehead atoms. The van der Waals surface area contributed by atoms with Crippen LogP contribution in [0.5, 0.6) is 0 Å². The van der Waals surface area contributed by atoms with Gasteiger partial charge in [0.2, 0.25) is 0 Å². The van der Waals surface area contributed by atoms with Gasteiger partial charge < -0.3 is 21.2 Å². The fraction of sp³-hybridized carbons (Fsp3) is 0.636. The van der Waals surface area contributed by atoms with Crippen LogP contribution in [-0.4, -0.2) is 37.9 Å². The van der Waals surface area contributed by atoms with Gasteiger partial charge in [-0.15, -0.1) is 0 Å². The summed E-state index contributed by atoms with van der Waals surface area (Å²) in [6.45, 7) is 2.95. The van der Waals surface area contributed by atoms with Crippen LogP contribution in [-0.2, 0) is 9.53 Å². The number of hydrogen-bond donors (Lipinski definition) is 3. The summed E-state index contributed by atoms with van der Waals surface area (Å²) in [7, 11) is 1.34. The van der Waals surface area contributed by atoms with Crippen LogP contribution in [0.2, 0.25) is 0 Å². The Kier molecular flexibility index (Phi) is 7.41. The standard InChI is InChI=1S/C11H21N3O2/c1-11(13,10(15)16-2)6-4-3-5-8-14-9-7-12/h3,5,7,12,14H,4,6,8-9,13H2,1-2H3/b5-3+,12-7?. The number of rotatable bonds is 8. The molecule has 0 aromatic carbocycles. The van der Waals surface area contributed by atoms with Crippen LogP contribution < -0.4 is 11.1 Å². The molecule has 5 nitrogen and oxygen atoms in total. The second-order valence-corrected chi connectivity index (χ2v) is 3.78. The van der Waals surface area contributed by atoms with E-state index in [4.69, 9.17) is 11.1 Å². The quantitative estimate of drug-likeness (QED) is 0.243. The van der Waals surface area contributed by atoms with Gasteiger partial charge in [0.1, 0.15) is 5.54 Å². The van der Waals surface area contributed by atoms with Crippen molar-refractivity contribution >= 4 is 12.2 Å². The number of nitrogens with two attached hydrogens (primary N) is 1. The first kappa shape index (κ1) is 14.8. The van der Waals surface area contributed by atoms with Gasteiger partial charge in [-0.05, 0) is 19.8 Å². The molecule has 0 aliphatic heterocycles. The van der Waals surface area contributed by atoms with Gasteiger partial charge >= 0.3 is 5.97 Å². The molecule has 0 radical (unpaired) electrons. The zero-order chi connectivity index (χ0) is 12.4. The first-order chi connectivity index (χ1) is 7.54. The molecular weight excluding hydrogens is 206 g/mol. The lowest BCUT2D eigenvalue weighted by Crippen LogP contribution is -2.45. The number of allylic oxidation sites excluding steroid dienone is 1. The summed E-state index contributed by atoms with van der Waals surface area (Å²) in [4.78, 5) is 11.2. The number of hydrogen-bond acceptors (Lipinski definition) is 5. The van der Waals surface area contributed by atoms with Crippen molar-refractivity contribution in [3.05, 3.63) is 12.2 Å². The van der Waals surface area contributed by atoms with Crippen LogP contribution in [0.3, 0.4) is 0 Å². The van der Waals surface area contributed by atoms with E-state index >= 15 is 0 Å². The van der Waals surface area contributed by atoms with E-state index in [-0.39, 0.29) is 5.97 Å². The van der Waals surface area contributed by atoms with Gasteiger partial charge in [-0.3, -0.25) is 4.79 Å². The van der Waals surface area contributed by atoms with E-state index in [0.717, 1.165) is 13.0 Å². The molecule has 0 aromatic heterocycles. The fourth-order valence-corrected chi connectivity index (χ4v) is 1.16. The third-order valence-electron chi connectivity index (χ3n) is 2.16. The summed E-state index contributed by atoms with van der Waals surface area (Å²) in [5.41, 5.74) is 4.86. The molecule has 0 aromatic rings. The molecule has 0 spiro atoms. The first-order valence-corrected chi connectivity index (χ1v) is 5.26. The summed E-state index contributed by atoms with van der Waals surface area (Å²) in [6.07, 6.45) is 6.51. The molecule has 0 aliphatic carbocycles. The molecule has 4 N–H and O–H groups in total. The van der Waals surface area contributed by atoms with Crippen molar-refractivity contribution in [3.8, 4) is 0 Å². The van der Waals surface area contributed by atoms with Crippen LogP contribution in [0, 0.1) is 5.41 Å². The molecule has 0 amide bonds. The molecule has 0 saturated heterocycles. The van der Waals surface area contributed by atoms with Crippen molar-refractivity contribution < 1.29 is 9.53 Å². The second-order valence-electron chi connectivity index (χ2n) is 3.78. The zero-order valence-corrected chi connectivity index (χ0v) is 9.95. The van der Waals surface area contributed by atoms with Crippen molar-refractivity contribution in [2.24, 2.45) is 5.73 Å². The lowest BCUT2D eigenvalue weighted by atomic mass is 9.97. The Morgan fingerprint density at radius 3 is 2.75 bits per heavy atom. The summed E-state index contributed by atoms with van der Waals surface area (Å²) in [5, 5.41) is 9.80. The van der Waals surface area contributed by atoms with Crippen LogP contribution >= 0.6 is 0 Å². The van der Waals surface area contributed by atoms with Crippen LogP contribution in [0.4, 0.5) is 0 Å². The molecule has 16 heavy (non-hydrogen) atoms. The van der Waals surface area contributed by atoms with Gasteiger partial charge in [0.15, 0.2) is 0 Å². The topological polar surface area (TPSA) is 88.2 Å². The Bertz CT molecular complexity index is 250. The van der Waals surface area contributed by atoms with Gasteiger partial charge in [-0.1, -0.05) is 12.2 Å². The number of methoxy groups -OCH3 is 1. The monoisotopic (exact) mass is 227 g/mol. The maximum atomic E-state index is 11.2. The first-order valence-electron chi connectivity index (χ1n) is 5.26. The van der Waals surface area contributed by atoms with Gasteiger partial charge in [-0.25, -0.2) is 0 Å². The predicted molar refractivity (Wildman–Crippen MR) is 64.6 cm³/mol. The van der Waals surface area contributed by atoms with E-state index < -0.39 is 5.54 Å². The molecule has 0 saturated carbocycles. The highest BCUT2D eigenvalue weighted by atomic mass is 16.5. The van der Waals surface area contributed by atoms with Crippen molar-refractivity contribution in [3.63, 3.8) is 0 Å². The number of nitrogens with one attached hydrogen (secondary N) is 2. The highest BCUT2D eigenvalue weighted by Gasteiger charge is 2.27. The molecule has 0 heterocycles. The van der Waals surface area contributed by atoms with Crippen LogP contribution in [0.15, 0.2) is 12.2 Å². The predicted octanol–water partition coefficient (Wildman–Crippen LogP) is 0.452. The maximum absolute atomic E-state index is 11.2. The number of esters is 1. The van der Waals surface area contributed by atoms with Gasteiger partial charge in [0.05, 0.1) is 7.11 Å². The van der Waals surface area contributed by atoms with E-state index in [2.05, 4.69) is 10.1 Å². The third-order valence-corrected chi connectivity index (χ3v) is 2.16. The van der Waals surface area contributed by atoms with E-state index in [0.29, 0.717) is 13.0 Å². The lowest BCUT2D eigenvalue weighted by Gasteiger charge is -2.20. The molecule has 1 atom stereocenters. The highest BCUT2D eigenvalue weighted by Crippen LogP contribution is 2.10. The second kappa shape index (κ2) is 8.01. The highest BCUT2D eigenvalue weighted by molar-refractivity contribution is 5.79. The molecule has 1 unspecified atom stereocenters. The summed E-state index contributed by atoms with van der Waals surface area (Å²) in [6, 6.07) is 0. The Labute approximate surface area is 96.5 Å². The van der Waals surface area contributed by atoms with E-state index in [1.807, 2.05) is 12.2 Å². The minimum Gasteiger partial charge on any atom is -0.468 e. The smallest absolute Gasteiger partial charge is 0.325 e. The average Bonchev–Trinajstić information content (AvgIpc) is 2.26. The van der Waals surface area contributed by atoms with E-state index in [1.165, 1.54) is 13.3 Å². The molecule has 0 aliphatic rings. The van der Waals surface area contributed by atoms with E-state index in [9.17, 15) is 4.79 Å². The molecule has 92 valence electrons. The average molecular weight is 227 g/mol. The van der Waals surface area contributed by atoms with Gasteiger partial charge in [-0.2, -0.15) is 0 Å². The van der Waals surface area contributed by atoms with Crippen molar-refractivity contribution in [1.82, 2.24) is 5.32 Å². The molecule has 5 heteroatoms. The molecule has 0 rings (SSSR count). The Hall–Kier alpha value is -1.20. The summed E-state index contributed by atoms with van der Waals surface area (Å²) < 4.78 is 4.60.